The fourth-order valence-electron chi connectivity index (χ4n) is 2.40. The molecule has 2 aromatic rings. The molecule has 0 spiro atoms. The van der Waals surface area contributed by atoms with Gasteiger partial charge in [-0.3, -0.25) is 4.79 Å². The monoisotopic (exact) mass is 303 g/mol. The van der Waals surface area contributed by atoms with E-state index < -0.39 is 5.97 Å². The standard InChI is InChI=1S/C17H21NO2S/c1-11-6-13(3)15(7-12(11)2)9-18-16(8-17(19)20)14-4-5-21-10-14/h4-7,10,16,18H,8-9H2,1-3H3,(H,19,20)/t16-/m0/s1. The minimum Gasteiger partial charge on any atom is -0.481 e. The summed E-state index contributed by atoms with van der Waals surface area (Å²) >= 11 is 1.59. The van der Waals surface area contributed by atoms with Crippen LogP contribution in [-0.4, -0.2) is 11.1 Å². The van der Waals surface area contributed by atoms with Crippen molar-refractivity contribution in [2.45, 2.75) is 39.8 Å². The summed E-state index contributed by atoms with van der Waals surface area (Å²) in [6.45, 7) is 6.99. The third-order valence-electron chi connectivity index (χ3n) is 3.82. The molecule has 0 fully saturated rings. The van der Waals surface area contributed by atoms with Gasteiger partial charge in [0.15, 0.2) is 0 Å². The maximum absolute atomic E-state index is 11.0. The van der Waals surface area contributed by atoms with Crippen molar-refractivity contribution in [3.63, 3.8) is 0 Å². The van der Waals surface area contributed by atoms with Crippen LogP contribution in [0.5, 0.6) is 0 Å². The van der Waals surface area contributed by atoms with Crippen molar-refractivity contribution in [2.75, 3.05) is 0 Å². The lowest BCUT2D eigenvalue weighted by Crippen LogP contribution is -2.23. The molecule has 0 unspecified atom stereocenters. The number of aryl methyl sites for hydroxylation is 3. The Morgan fingerprint density at radius 3 is 2.57 bits per heavy atom. The van der Waals surface area contributed by atoms with Crippen molar-refractivity contribution < 1.29 is 9.90 Å². The summed E-state index contributed by atoms with van der Waals surface area (Å²) < 4.78 is 0. The van der Waals surface area contributed by atoms with Crippen molar-refractivity contribution in [3.05, 3.63) is 56.8 Å². The van der Waals surface area contributed by atoms with Gasteiger partial charge < -0.3 is 10.4 Å². The van der Waals surface area contributed by atoms with Gasteiger partial charge >= 0.3 is 5.97 Å². The van der Waals surface area contributed by atoms with Crippen molar-refractivity contribution >= 4 is 17.3 Å². The molecular weight excluding hydrogens is 282 g/mol. The van der Waals surface area contributed by atoms with Crippen LogP contribution in [0.1, 0.15) is 40.3 Å². The lowest BCUT2D eigenvalue weighted by Gasteiger charge is -2.18. The molecule has 0 radical (unpaired) electrons. The van der Waals surface area contributed by atoms with Gasteiger partial charge in [-0.15, -0.1) is 0 Å². The minimum atomic E-state index is -0.782. The second-order valence-electron chi connectivity index (χ2n) is 5.45. The van der Waals surface area contributed by atoms with Gasteiger partial charge in [0.1, 0.15) is 0 Å². The lowest BCUT2D eigenvalue weighted by atomic mass is 10.00. The predicted molar refractivity (Wildman–Crippen MR) is 86.8 cm³/mol. The van der Waals surface area contributed by atoms with E-state index in [4.69, 9.17) is 5.11 Å². The number of nitrogens with one attached hydrogen (secondary N) is 1. The smallest absolute Gasteiger partial charge is 0.305 e. The second kappa shape index (κ2) is 6.87. The molecule has 0 bridgehead atoms. The fraction of sp³-hybridized carbons (Fsp3) is 0.353. The molecular formula is C17H21NO2S. The minimum absolute atomic E-state index is 0.0978. The highest BCUT2D eigenvalue weighted by Crippen LogP contribution is 2.21. The number of carbonyl (C=O) groups is 1. The van der Waals surface area contributed by atoms with Gasteiger partial charge in [0.05, 0.1) is 6.42 Å². The van der Waals surface area contributed by atoms with E-state index in [0.717, 1.165) is 5.56 Å². The number of thiophene rings is 1. The number of hydrogen-bond acceptors (Lipinski definition) is 3. The van der Waals surface area contributed by atoms with E-state index in [-0.39, 0.29) is 12.5 Å². The van der Waals surface area contributed by atoms with Crippen LogP contribution in [0.2, 0.25) is 0 Å². The van der Waals surface area contributed by atoms with Gasteiger partial charge in [-0.05, 0) is 65.4 Å². The molecule has 0 aliphatic heterocycles. The molecule has 1 atom stereocenters. The molecule has 4 heteroatoms. The molecule has 0 saturated heterocycles. The first-order valence-corrected chi connectivity index (χ1v) is 7.95. The van der Waals surface area contributed by atoms with Crippen LogP contribution in [0.4, 0.5) is 0 Å². The first kappa shape index (κ1) is 15.7. The maximum atomic E-state index is 11.0. The van der Waals surface area contributed by atoms with Crippen molar-refractivity contribution in [1.82, 2.24) is 5.32 Å². The van der Waals surface area contributed by atoms with E-state index in [1.165, 1.54) is 22.3 Å². The lowest BCUT2D eigenvalue weighted by molar-refractivity contribution is -0.137. The molecule has 0 aliphatic carbocycles. The highest BCUT2D eigenvalue weighted by Gasteiger charge is 2.16. The Morgan fingerprint density at radius 2 is 1.95 bits per heavy atom. The predicted octanol–water partition coefficient (Wildman–Crippen LogP) is 3.98. The van der Waals surface area contributed by atoms with Crippen LogP contribution < -0.4 is 5.32 Å². The first-order valence-electron chi connectivity index (χ1n) is 7.01. The summed E-state index contributed by atoms with van der Waals surface area (Å²) in [5.41, 5.74) is 6.07. The van der Waals surface area contributed by atoms with Gasteiger partial charge in [0.25, 0.3) is 0 Å². The summed E-state index contributed by atoms with van der Waals surface area (Å²) in [4.78, 5) is 11.0. The Bertz CT molecular complexity index is 620. The van der Waals surface area contributed by atoms with Gasteiger partial charge in [-0.2, -0.15) is 11.3 Å². The summed E-state index contributed by atoms with van der Waals surface area (Å²) in [7, 11) is 0. The van der Waals surface area contributed by atoms with Crippen molar-refractivity contribution in [1.29, 1.82) is 0 Å². The molecule has 21 heavy (non-hydrogen) atoms. The van der Waals surface area contributed by atoms with Gasteiger partial charge in [0.2, 0.25) is 0 Å². The Kier molecular flexibility index (Phi) is 5.15. The number of hydrogen-bond donors (Lipinski definition) is 2. The first-order chi connectivity index (χ1) is 9.97. The highest BCUT2D eigenvalue weighted by molar-refractivity contribution is 7.07. The molecule has 0 amide bonds. The third-order valence-corrected chi connectivity index (χ3v) is 4.52. The Hall–Kier alpha value is -1.65. The second-order valence-corrected chi connectivity index (χ2v) is 6.23. The maximum Gasteiger partial charge on any atom is 0.305 e. The van der Waals surface area contributed by atoms with Crippen molar-refractivity contribution in [2.24, 2.45) is 0 Å². The fourth-order valence-corrected chi connectivity index (χ4v) is 3.11. The number of benzene rings is 1. The zero-order chi connectivity index (χ0) is 15.4. The largest absolute Gasteiger partial charge is 0.481 e. The van der Waals surface area contributed by atoms with E-state index in [0.29, 0.717) is 6.54 Å². The van der Waals surface area contributed by atoms with Crippen LogP contribution in [0.3, 0.4) is 0 Å². The van der Waals surface area contributed by atoms with E-state index in [9.17, 15) is 4.79 Å². The topological polar surface area (TPSA) is 49.3 Å². The summed E-state index contributed by atoms with van der Waals surface area (Å²) in [6, 6.07) is 6.21. The van der Waals surface area contributed by atoms with Crippen molar-refractivity contribution in [3.8, 4) is 0 Å². The molecule has 2 rings (SSSR count). The summed E-state index contributed by atoms with van der Waals surface area (Å²) in [6.07, 6.45) is 0.0978. The van der Waals surface area contributed by atoms with Crippen LogP contribution in [0.15, 0.2) is 29.0 Å². The third kappa shape index (κ3) is 4.16. The van der Waals surface area contributed by atoms with E-state index in [1.807, 2.05) is 16.8 Å². The van der Waals surface area contributed by atoms with E-state index in [1.54, 1.807) is 11.3 Å². The Morgan fingerprint density at radius 1 is 1.24 bits per heavy atom. The van der Waals surface area contributed by atoms with E-state index in [2.05, 4.69) is 38.2 Å². The molecule has 1 aromatic heterocycles. The van der Waals surface area contributed by atoms with Crippen LogP contribution in [-0.2, 0) is 11.3 Å². The van der Waals surface area contributed by atoms with Gasteiger partial charge in [-0.1, -0.05) is 12.1 Å². The molecule has 3 nitrogen and oxygen atoms in total. The average Bonchev–Trinajstić information content (AvgIpc) is 2.93. The number of carboxylic acids is 1. The highest BCUT2D eigenvalue weighted by atomic mass is 32.1. The molecule has 1 heterocycles. The van der Waals surface area contributed by atoms with Gasteiger partial charge in [0, 0.05) is 12.6 Å². The molecule has 0 saturated carbocycles. The molecule has 0 aliphatic rings. The summed E-state index contributed by atoms with van der Waals surface area (Å²) in [5.74, 6) is -0.782. The molecule has 2 N–H and O–H groups in total. The zero-order valence-electron chi connectivity index (χ0n) is 12.6. The van der Waals surface area contributed by atoms with Crippen LogP contribution in [0.25, 0.3) is 0 Å². The number of carboxylic acid groups (broad SMARTS) is 1. The van der Waals surface area contributed by atoms with E-state index >= 15 is 0 Å². The van der Waals surface area contributed by atoms with Crippen LogP contribution in [0, 0.1) is 20.8 Å². The molecule has 112 valence electrons. The number of aliphatic carboxylic acids is 1. The SMILES string of the molecule is Cc1cc(C)c(CN[C@@H](CC(=O)O)c2ccsc2)cc1C. The normalized spacial score (nSPS) is 12.3. The zero-order valence-corrected chi connectivity index (χ0v) is 13.5. The number of rotatable bonds is 6. The quantitative estimate of drug-likeness (QED) is 0.848. The van der Waals surface area contributed by atoms with Gasteiger partial charge in [-0.25, -0.2) is 0 Å². The summed E-state index contributed by atoms with van der Waals surface area (Å²) in [5, 5.41) is 16.4. The van der Waals surface area contributed by atoms with Crippen LogP contribution >= 0.6 is 11.3 Å². The molecule has 1 aromatic carbocycles. The Labute approximate surface area is 129 Å². The average molecular weight is 303 g/mol. The Balaban J connectivity index is 2.12.